The molecule has 142 valence electrons. The van der Waals surface area contributed by atoms with Crippen molar-refractivity contribution in [2.45, 2.75) is 20.8 Å². The zero-order valence-electron chi connectivity index (χ0n) is 15.9. The smallest absolute Gasteiger partial charge is 0.257 e. The lowest BCUT2D eigenvalue weighted by Gasteiger charge is -2.38. The van der Waals surface area contributed by atoms with E-state index >= 15 is 0 Å². The quantitative estimate of drug-likeness (QED) is 0.794. The number of amides is 2. The van der Waals surface area contributed by atoms with Gasteiger partial charge in [0.2, 0.25) is 5.91 Å². The highest BCUT2D eigenvalue weighted by atomic mass is 16.5. The summed E-state index contributed by atoms with van der Waals surface area (Å²) in [6, 6.07) is 3.64. The second-order valence-electron chi connectivity index (χ2n) is 7.81. The number of rotatable bonds is 2. The van der Waals surface area contributed by atoms with Gasteiger partial charge in [-0.1, -0.05) is 20.8 Å². The Morgan fingerprint density at radius 3 is 2.23 bits per heavy atom. The minimum Gasteiger partial charge on any atom is -0.378 e. The van der Waals surface area contributed by atoms with E-state index in [1.807, 2.05) is 36.6 Å². The number of morpholine rings is 1. The average molecular weight is 360 g/mol. The topological polar surface area (TPSA) is 66.0 Å². The predicted octanol–water partition coefficient (Wildman–Crippen LogP) is 1.25. The van der Waals surface area contributed by atoms with Crippen LogP contribution >= 0.6 is 0 Å². The van der Waals surface area contributed by atoms with Crippen molar-refractivity contribution in [3.05, 3.63) is 23.9 Å². The molecule has 0 atom stereocenters. The minimum atomic E-state index is -0.390. The van der Waals surface area contributed by atoms with E-state index in [9.17, 15) is 9.59 Å². The Morgan fingerprint density at radius 1 is 1.00 bits per heavy atom. The Balaban J connectivity index is 1.69. The number of pyridine rings is 1. The Labute approximate surface area is 154 Å². The summed E-state index contributed by atoms with van der Waals surface area (Å²) in [4.78, 5) is 35.7. The van der Waals surface area contributed by atoms with Crippen molar-refractivity contribution in [2.24, 2.45) is 5.41 Å². The van der Waals surface area contributed by atoms with Crippen molar-refractivity contribution in [1.29, 1.82) is 0 Å². The maximum Gasteiger partial charge on any atom is 0.257 e. The lowest BCUT2D eigenvalue weighted by molar-refractivity contribution is -0.140. The van der Waals surface area contributed by atoms with Gasteiger partial charge in [-0.25, -0.2) is 4.98 Å². The van der Waals surface area contributed by atoms with Crippen molar-refractivity contribution >= 4 is 17.6 Å². The van der Waals surface area contributed by atoms with Crippen LogP contribution in [0.2, 0.25) is 0 Å². The fraction of sp³-hybridized carbons (Fsp3) is 0.632. The molecule has 0 bridgehead atoms. The maximum atomic E-state index is 13.1. The molecule has 2 aliphatic heterocycles. The molecule has 0 saturated carbocycles. The zero-order chi connectivity index (χ0) is 18.7. The molecule has 3 heterocycles. The molecule has 2 fully saturated rings. The highest BCUT2D eigenvalue weighted by Crippen LogP contribution is 2.22. The fourth-order valence-corrected chi connectivity index (χ4v) is 3.35. The number of hydrogen-bond donors (Lipinski definition) is 0. The van der Waals surface area contributed by atoms with E-state index in [4.69, 9.17) is 4.74 Å². The number of anilines is 1. The summed E-state index contributed by atoms with van der Waals surface area (Å²) in [6.07, 6.45) is 1.72. The van der Waals surface area contributed by atoms with Gasteiger partial charge < -0.3 is 19.4 Å². The number of aromatic nitrogens is 1. The Hall–Kier alpha value is -2.15. The number of piperazine rings is 1. The van der Waals surface area contributed by atoms with Gasteiger partial charge in [0.1, 0.15) is 5.82 Å². The Kier molecular flexibility index (Phi) is 5.46. The second-order valence-corrected chi connectivity index (χ2v) is 7.81. The molecule has 1 aromatic heterocycles. The van der Waals surface area contributed by atoms with E-state index in [0.29, 0.717) is 45.0 Å². The molecular weight excluding hydrogens is 332 g/mol. The van der Waals surface area contributed by atoms with E-state index in [2.05, 4.69) is 9.88 Å². The highest BCUT2D eigenvalue weighted by molar-refractivity contribution is 5.99. The first-order chi connectivity index (χ1) is 12.4. The number of hydrogen-bond acceptors (Lipinski definition) is 5. The number of ether oxygens (including phenoxy) is 1. The molecule has 26 heavy (non-hydrogen) atoms. The minimum absolute atomic E-state index is 0.0116. The van der Waals surface area contributed by atoms with Gasteiger partial charge in [0.15, 0.2) is 0 Å². The van der Waals surface area contributed by atoms with E-state index < -0.39 is 0 Å². The van der Waals surface area contributed by atoms with Gasteiger partial charge in [-0.2, -0.15) is 0 Å². The van der Waals surface area contributed by atoms with Crippen LogP contribution in [0.3, 0.4) is 0 Å². The fourth-order valence-electron chi connectivity index (χ4n) is 3.35. The summed E-state index contributed by atoms with van der Waals surface area (Å²) in [7, 11) is 0. The standard InChI is InChI=1S/C19H28N4O3/c1-19(2,3)18(25)23-9-7-22(8-10-23)17(24)15-5-4-6-20-16(15)21-11-13-26-14-12-21/h4-6H,7-14H2,1-3H3. The lowest BCUT2D eigenvalue weighted by Crippen LogP contribution is -2.53. The van der Waals surface area contributed by atoms with Crippen LogP contribution in [0.25, 0.3) is 0 Å². The number of carbonyl (C=O) groups excluding carboxylic acids is 2. The Bertz CT molecular complexity index is 657. The van der Waals surface area contributed by atoms with Gasteiger partial charge in [-0.05, 0) is 12.1 Å². The first-order valence-corrected chi connectivity index (χ1v) is 9.24. The third-order valence-corrected chi connectivity index (χ3v) is 4.82. The summed E-state index contributed by atoms with van der Waals surface area (Å²) in [5.41, 5.74) is 0.240. The predicted molar refractivity (Wildman–Crippen MR) is 99.2 cm³/mol. The van der Waals surface area contributed by atoms with E-state index in [1.54, 1.807) is 12.3 Å². The normalized spacial score (nSPS) is 18.8. The summed E-state index contributed by atoms with van der Waals surface area (Å²) in [5, 5.41) is 0. The van der Waals surface area contributed by atoms with Gasteiger partial charge in [-0.3, -0.25) is 9.59 Å². The molecule has 2 saturated heterocycles. The van der Waals surface area contributed by atoms with Crippen molar-refractivity contribution in [2.75, 3.05) is 57.4 Å². The van der Waals surface area contributed by atoms with Crippen molar-refractivity contribution in [3.8, 4) is 0 Å². The largest absolute Gasteiger partial charge is 0.378 e. The number of nitrogens with zero attached hydrogens (tertiary/aromatic N) is 4. The van der Waals surface area contributed by atoms with Crippen LogP contribution in [-0.4, -0.2) is 79.1 Å². The molecule has 7 nitrogen and oxygen atoms in total. The SMILES string of the molecule is CC(C)(C)C(=O)N1CCN(C(=O)c2cccnc2N2CCOCC2)CC1. The molecular formula is C19H28N4O3. The highest BCUT2D eigenvalue weighted by Gasteiger charge is 2.32. The summed E-state index contributed by atoms with van der Waals surface area (Å²) in [5.74, 6) is 0.858. The van der Waals surface area contributed by atoms with Crippen LogP contribution in [0.4, 0.5) is 5.82 Å². The molecule has 0 unspecified atom stereocenters. The summed E-state index contributed by atoms with van der Waals surface area (Å²) >= 11 is 0. The van der Waals surface area contributed by atoms with Crippen molar-refractivity contribution < 1.29 is 14.3 Å². The third kappa shape index (κ3) is 3.98. The molecule has 2 aliphatic rings. The number of carbonyl (C=O) groups is 2. The molecule has 1 aromatic rings. The monoisotopic (exact) mass is 360 g/mol. The molecule has 0 N–H and O–H groups in total. The van der Waals surface area contributed by atoms with Crippen LogP contribution in [0.15, 0.2) is 18.3 Å². The van der Waals surface area contributed by atoms with E-state index in [0.717, 1.165) is 18.9 Å². The van der Waals surface area contributed by atoms with Gasteiger partial charge in [-0.15, -0.1) is 0 Å². The Morgan fingerprint density at radius 2 is 1.62 bits per heavy atom. The molecule has 0 radical (unpaired) electrons. The first kappa shape index (κ1) is 18.6. The van der Waals surface area contributed by atoms with Gasteiger partial charge in [0.05, 0.1) is 18.8 Å². The molecule has 0 aliphatic carbocycles. The van der Waals surface area contributed by atoms with Crippen molar-refractivity contribution in [3.63, 3.8) is 0 Å². The zero-order valence-corrected chi connectivity index (χ0v) is 15.9. The van der Waals surface area contributed by atoms with Crippen LogP contribution in [0.1, 0.15) is 31.1 Å². The van der Waals surface area contributed by atoms with Crippen LogP contribution in [0.5, 0.6) is 0 Å². The summed E-state index contributed by atoms with van der Waals surface area (Å²) in [6.45, 7) is 10.8. The van der Waals surface area contributed by atoms with E-state index in [1.165, 1.54) is 0 Å². The first-order valence-electron chi connectivity index (χ1n) is 9.24. The van der Waals surface area contributed by atoms with Crippen molar-refractivity contribution in [1.82, 2.24) is 14.8 Å². The molecule has 0 aromatic carbocycles. The molecule has 2 amide bonds. The lowest BCUT2D eigenvalue weighted by atomic mass is 9.94. The van der Waals surface area contributed by atoms with E-state index in [-0.39, 0.29) is 17.2 Å². The second kappa shape index (κ2) is 7.61. The third-order valence-electron chi connectivity index (χ3n) is 4.82. The molecule has 3 rings (SSSR count). The van der Waals surface area contributed by atoms with Gasteiger partial charge in [0.25, 0.3) is 5.91 Å². The maximum absolute atomic E-state index is 13.1. The van der Waals surface area contributed by atoms with Crippen LogP contribution in [0, 0.1) is 5.41 Å². The van der Waals surface area contributed by atoms with Crippen LogP contribution in [-0.2, 0) is 9.53 Å². The van der Waals surface area contributed by atoms with Gasteiger partial charge >= 0.3 is 0 Å². The molecule has 7 heteroatoms. The average Bonchev–Trinajstić information content (AvgIpc) is 2.67. The summed E-state index contributed by atoms with van der Waals surface area (Å²) < 4.78 is 5.40. The van der Waals surface area contributed by atoms with Crippen LogP contribution < -0.4 is 4.90 Å². The molecule has 0 spiro atoms. The van der Waals surface area contributed by atoms with Gasteiger partial charge in [0, 0.05) is 50.9 Å².